The van der Waals surface area contributed by atoms with Crippen molar-refractivity contribution >= 4 is 43.6 Å². The number of fused-ring (bicyclic) bond motifs is 6. The van der Waals surface area contributed by atoms with Gasteiger partial charge in [-0.3, -0.25) is 0 Å². The van der Waals surface area contributed by atoms with E-state index in [4.69, 9.17) is 15.0 Å². The summed E-state index contributed by atoms with van der Waals surface area (Å²) in [7, 11) is 0. The van der Waals surface area contributed by atoms with Crippen molar-refractivity contribution in [2.24, 2.45) is 0 Å². The fraction of sp³-hybridized carbons (Fsp3) is 0. The Labute approximate surface area is 428 Å². The molecule has 0 aliphatic rings. The zero-order valence-corrected chi connectivity index (χ0v) is 40.2. The maximum Gasteiger partial charge on any atom is 0.164 e. The summed E-state index contributed by atoms with van der Waals surface area (Å²) in [4.78, 5) is 15.7. The van der Waals surface area contributed by atoms with Gasteiger partial charge in [-0.2, -0.15) is 0 Å². The molecule has 0 aliphatic carbocycles. The quantitative estimate of drug-likeness (QED) is 0.145. The molecule has 14 aromatic rings. The molecule has 0 N–H and O–H groups in total. The molecule has 3 aromatic heterocycles. The molecule has 0 saturated heterocycles. The van der Waals surface area contributed by atoms with Crippen molar-refractivity contribution in [3.63, 3.8) is 0 Å². The van der Waals surface area contributed by atoms with Crippen LogP contribution in [0.2, 0.25) is 0 Å². The molecule has 0 bridgehead atoms. The van der Waals surface area contributed by atoms with Gasteiger partial charge >= 0.3 is 0 Å². The van der Waals surface area contributed by atoms with Crippen molar-refractivity contribution < 1.29 is 0 Å². The standard InChI is InChI=1S/C69H45N5/c1-5-21-46(22-6-1)55-29-13-15-31-57(55)50-37-39-65-61(43-50)59-33-17-19-35-63(59)73(65)53-41-52(69-71-67(48-25-9-3-10-26-48)70-68(72-69)49-27-11-4-12-28-49)42-54(45-53)74-64-36-20-18-34-60(64)62-44-51(38-40-66(62)74)58-32-16-14-30-56(58)47-23-7-2-8-24-47/h1-45H. The van der Waals surface area contributed by atoms with Gasteiger partial charge in [0.05, 0.1) is 22.1 Å². The number of rotatable bonds is 9. The lowest BCUT2D eigenvalue weighted by molar-refractivity contribution is 1.07. The van der Waals surface area contributed by atoms with Gasteiger partial charge in [0, 0.05) is 49.6 Å². The fourth-order valence-corrected chi connectivity index (χ4v) is 11.0. The summed E-state index contributed by atoms with van der Waals surface area (Å²) in [6, 6.07) is 97.4. The van der Waals surface area contributed by atoms with Crippen LogP contribution in [0, 0.1) is 0 Å². The Balaban J connectivity index is 1.02. The first kappa shape index (κ1) is 42.9. The molecule has 0 radical (unpaired) electrons. The largest absolute Gasteiger partial charge is 0.309 e. The molecule has 3 heterocycles. The van der Waals surface area contributed by atoms with E-state index in [1.165, 1.54) is 54.9 Å². The van der Waals surface area contributed by atoms with Crippen LogP contribution in [-0.2, 0) is 0 Å². The lowest BCUT2D eigenvalue weighted by atomic mass is 9.94. The number of nitrogens with zero attached hydrogens (tertiary/aromatic N) is 5. The van der Waals surface area contributed by atoms with Crippen LogP contribution in [0.25, 0.3) is 134 Å². The molecule has 0 amide bonds. The monoisotopic (exact) mass is 943 g/mol. The van der Waals surface area contributed by atoms with Crippen molar-refractivity contribution in [3.8, 4) is 90.0 Å². The summed E-state index contributed by atoms with van der Waals surface area (Å²) < 4.78 is 4.82. The topological polar surface area (TPSA) is 48.5 Å². The molecular weight excluding hydrogens is 899 g/mol. The van der Waals surface area contributed by atoms with E-state index in [1.54, 1.807) is 0 Å². The molecule has 0 saturated carbocycles. The van der Waals surface area contributed by atoms with E-state index < -0.39 is 0 Å². The highest BCUT2D eigenvalue weighted by atomic mass is 15.0. The minimum absolute atomic E-state index is 0.585. The van der Waals surface area contributed by atoms with Crippen molar-refractivity contribution in [1.29, 1.82) is 0 Å². The van der Waals surface area contributed by atoms with Crippen LogP contribution in [0.15, 0.2) is 273 Å². The molecule has 74 heavy (non-hydrogen) atoms. The normalized spacial score (nSPS) is 11.5. The Morgan fingerprint density at radius 1 is 0.203 bits per heavy atom. The van der Waals surface area contributed by atoms with Gasteiger partial charge in [-0.25, -0.2) is 15.0 Å². The van der Waals surface area contributed by atoms with Crippen LogP contribution >= 0.6 is 0 Å². The highest BCUT2D eigenvalue weighted by Gasteiger charge is 2.21. The molecule has 5 nitrogen and oxygen atoms in total. The third-order valence-corrected chi connectivity index (χ3v) is 14.4. The molecule has 0 atom stereocenters. The second-order valence-corrected chi connectivity index (χ2v) is 18.8. The maximum atomic E-state index is 5.31. The van der Waals surface area contributed by atoms with Gasteiger partial charge in [0.1, 0.15) is 0 Å². The summed E-state index contributed by atoms with van der Waals surface area (Å²) in [5.41, 5.74) is 18.6. The average molecular weight is 944 g/mol. The summed E-state index contributed by atoms with van der Waals surface area (Å²) in [6.07, 6.45) is 0. The predicted molar refractivity (Wildman–Crippen MR) is 307 cm³/mol. The van der Waals surface area contributed by atoms with Gasteiger partial charge in [-0.15, -0.1) is 0 Å². The SMILES string of the molecule is c1ccc(-c2nc(-c3ccccc3)nc(-c3cc(-n4c5ccccc5c5cc(-c6ccccc6-c6ccccc6)ccc54)cc(-n4c5ccccc5c5cc(-c6ccccc6-c6ccccc6)ccc54)c3)n2)cc1. The van der Waals surface area contributed by atoms with Crippen molar-refractivity contribution in [2.75, 3.05) is 0 Å². The molecule has 11 aromatic carbocycles. The van der Waals surface area contributed by atoms with Crippen molar-refractivity contribution in [3.05, 3.63) is 273 Å². The van der Waals surface area contributed by atoms with Gasteiger partial charge < -0.3 is 9.13 Å². The smallest absolute Gasteiger partial charge is 0.164 e. The molecule has 346 valence electrons. The van der Waals surface area contributed by atoms with Gasteiger partial charge in [0.25, 0.3) is 0 Å². The fourth-order valence-electron chi connectivity index (χ4n) is 11.0. The molecular formula is C69H45N5. The van der Waals surface area contributed by atoms with Crippen LogP contribution in [0.1, 0.15) is 0 Å². The van der Waals surface area contributed by atoms with E-state index in [0.29, 0.717) is 17.5 Å². The Morgan fingerprint density at radius 2 is 0.514 bits per heavy atom. The zero-order valence-electron chi connectivity index (χ0n) is 40.2. The Kier molecular flexibility index (Phi) is 10.4. The van der Waals surface area contributed by atoms with E-state index in [1.807, 2.05) is 36.4 Å². The lowest BCUT2D eigenvalue weighted by Crippen LogP contribution is -2.03. The van der Waals surface area contributed by atoms with Crippen molar-refractivity contribution in [2.45, 2.75) is 0 Å². The summed E-state index contributed by atoms with van der Waals surface area (Å²) in [5, 5.41) is 4.69. The van der Waals surface area contributed by atoms with Gasteiger partial charge in [-0.1, -0.05) is 218 Å². The minimum atomic E-state index is 0.585. The Bertz CT molecular complexity index is 4130. The Hall–Kier alpha value is -9.97. The maximum absolute atomic E-state index is 5.31. The number of hydrogen-bond acceptors (Lipinski definition) is 3. The van der Waals surface area contributed by atoms with Gasteiger partial charge in [-0.05, 0) is 99.1 Å². The molecule has 0 unspecified atom stereocenters. The third kappa shape index (κ3) is 7.46. The third-order valence-electron chi connectivity index (χ3n) is 14.4. The molecule has 0 spiro atoms. The second kappa shape index (κ2) is 18.0. The molecule has 0 aliphatic heterocycles. The van der Waals surface area contributed by atoms with Gasteiger partial charge in [0.15, 0.2) is 17.5 Å². The average Bonchev–Trinajstić information content (AvgIpc) is 4.00. The van der Waals surface area contributed by atoms with Crippen LogP contribution < -0.4 is 0 Å². The lowest BCUT2D eigenvalue weighted by Gasteiger charge is -2.16. The second-order valence-electron chi connectivity index (χ2n) is 18.8. The Morgan fingerprint density at radius 3 is 0.919 bits per heavy atom. The molecule has 5 heteroatoms. The number of para-hydroxylation sites is 2. The summed E-state index contributed by atoms with van der Waals surface area (Å²) in [6.45, 7) is 0. The van der Waals surface area contributed by atoms with Crippen LogP contribution in [0.5, 0.6) is 0 Å². The number of aromatic nitrogens is 5. The van der Waals surface area contributed by atoms with Crippen LogP contribution in [-0.4, -0.2) is 24.1 Å². The first-order chi connectivity index (χ1) is 36.7. The van der Waals surface area contributed by atoms with E-state index in [9.17, 15) is 0 Å². The van der Waals surface area contributed by atoms with Crippen LogP contribution in [0.4, 0.5) is 0 Å². The molecule has 14 rings (SSSR count). The van der Waals surface area contributed by atoms with E-state index in [0.717, 1.165) is 61.3 Å². The number of benzene rings is 11. The number of hydrogen-bond donors (Lipinski definition) is 0. The minimum Gasteiger partial charge on any atom is -0.309 e. The van der Waals surface area contributed by atoms with E-state index in [2.05, 4.69) is 246 Å². The first-order valence-electron chi connectivity index (χ1n) is 25.1. The summed E-state index contributed by atoms with van der Waals surface area (Å²) >= 11 is 0. The highest BCUT2D eigenvalue weighted by molar-refractivity contribution is 6.12. The van der Waals surface area contributed by atoms with Gasteiger partial charge in [0.2, 0.25) is 0 Å². The zero-order chi connectivity index (χ0) is 49.0. The predicted octanol–water partition coefficient (Wildman–Crippen LogP) is 17.7. The molecule has 0 fully saturated rings. The van der Waals surface area contributed by atoms with Crippen molar-refractivity contribution in [1.82, 2.24) is 24.1 Å². The van der Waals surface area contributed by atoms with Crippen LogP contribution in [0.3, 0.4) is 0 Å². The van der Waals surface area contributed by atoms with E-state index in [-0.39, 0.29) is 0 Å². The van der Waals surface area contributed by atoms with E-state index >= 15 is 0 Å². The summed E-state index contributed by atoms with van der Waals surface area (Å²) in [5.74, 6) is 1.81. The highest BCUT2D eigenvalue weighted by Crippen LogP contribution is 2.42. The first-order valence-corrected chi connectivity index (χ1v) is 25.1.